The fourth-order valence-corrected chi connectivity index (χ4v) is 1.57. The van der Waals surface area contributed by atoms with E-state index in [2.05, 4.69) is 15.8 Å². The summed E-state index contributed by atoms with van der Waals surface area (Å²) < 4.78 is 0. The number of carbonyl (C=O) groups is 1. The Morgan fingerprint density at radius 3 is 2.60 bits per heavy atom. The van der Waals surface area contributed by atoms with Crippen molar-refractivity contribution in [3.63, 3.8) is 0 Å². The van der Waals surface area contributed by atoms with E-state index < -0.39 is 11.4 Å². The van der Waals surface area contributed by atoms with Crippen LogP contribution < -0.4 is 16.4 Å². The molecule has 0 fully saturated rings. The Hall–Kier alpha value is -1.66. The van der Waals surface area contributed by atoms with E-state index in [0.717, 1.165) is 0 Å². The van der Waals surface area contributed by atoms with Crippen LogP contribution in [0.2, 0.25) is 10.0 Å². The van der Waals surface area contributed by atoms with E-state index in [1.165, 1.54) is 6.07 Å². The Balaban J connectivity index is 2.58. The van der Waals surface area contributed by atoms with Gasteiger partial charge in [0.05, 0.1) is 10.0 Å². The molecule has 110 valence electrons. The van der Waals surface area contributed by atoms with E-state index in [-0.39, 0.29) is 12.4 Å². The van der Waals surface area contributed by atoms with Crippen molar-refractivity contribution in [3.8, 4) is 0 Å². The predicted octanol–water partition coefficient (Wildman–Crippen LogP) is 2.89. The van der Waals surface area contributed by atoms with E-state index in [0.29, 0.717) is 15.7 Å². The van der Waals surface area contributed by atoms with E-state index >= 15 is 0 Å². The quantitative estimate of drug-likeness (QED) is 0.297. The molecule has 0 saturated heterocycles. The number of halogens is 2. The number of rotatable bonds is 4. The fourth-order valence-electron chi connectivity index (χ4n) is 1.28. The number of amides is 2. The minimum atomic E-state index is -0.663. The second-order valence-electron chi connectivity index (χ2n) is 4.81. The van der Waals surface area contributed by atoms with E-state index in [4.69, 9.17) is 34.1 Å². The average Bonchev–Trinajstić information content (AvgIpc) is 2.40. The van der Waals surface area contributed by atoms with Crippen molar-refractivity contribution in [2.45, 2.75) is 13.8 Å². The van der Waals surface area contributed by atoms with Crippen molar-refractivity contribution >= 4 is 40.8 Å². The highest BCUT2D eigenvalue weighted by Crippen LogP contribution is 2.24. The van der Waals surface area contributed by atoms with Gasteiger partial charge in [0, 0.05) is 17.6 Å². The molecule has 20 heavy (non-hydrogen) atoms. The molecule has 0 aliphatic rings. The van der Waals surface area contributed by atoms with Gasteiger partial charge in [0.1, 0.15) is 5.84 Å². The van der Waals surface area contributed by atoms with Gasteiger partial charge in [-0.25, -0.2) is 4.79 Å². The SMILES string of the molecule is CC(C)(CNC(=O)Nc1ccc(Cl)c(Cl)c1)/C(N)=N/O. The maximum Gasteiger partial charge on any atom is 0.319 e. The molecule has 8 heteroatoms. The summed E-state index contributed by atoms with van der Waals surface area (Å²) in [6.07, 6.45) is 0. The molecule has 0 aromatic heterocycles. The standard InChI is InChI=1S/C12H16Cl2N4O2/c1-12(2,10(15)18-20)6-16-11(19)17-7-3-4-8(13)9(14)5-7/h3-5,20H,6H2,1-2H3,(H2,15,18)(H2,16,17,19). The Bertz CT molecular complexity index is 532. The number of hydrogen-bond donors (Lipinski definition) is 4. The highest BCUT2D eigenvalue weighted by molar-refractivity contribution is 6.42. The molecule has 5 N–H and O–H groups in total. The number of nitrogens with two attached hydrogens (primary N) is 1. The van der Waals surface area contributed by atoms with Gasteiger partial charge in [0.2, 0.25) is 0 Å². The summed E-state index contributed by atoms with van der Waals surface area (Å²) in [6, 6.07) is 4.32. The highest BCUT2D eigenvalue weighted by atomic mass is 35.5. The molecular formula is C12H16Cl2N4O2. The molecule has 0 aliphatic carbocycles. The summed E-state index contributed by atoms with van der Waals surface area (Å²) >= 11 is 11.6. The Kier molecular flexibility index (Phi) is 5.47. The third kappa shape index (κ3) is 4.47. The molecule has 1 aromatic carbocycles. The van der Waals surface area contributed by atoms with E-state index in [1.807, 2.05) is 0 Å². The van der Waals surface area contributed by atoms with Crippen LogP contribution in [-0.4, -0.2) is 23.6 Å². The molecule has 1 aromatic rings. The van der Waals surface area contributed by atoms with Crippen LogP contribution in [0.1, 0.15) is 13.8 Å². The van der Waals surface area contributed by atoms with Gasteiger partial charge in [0.15, 0.2) is 0 Å². The number of amidine groups is 1. The average molecular weight is 319 g/mol. The minimum absolute atomic E-state index is 0.0346. The van der Waals surface area contributed by atoms with Crippen molar-refractivity contribution in [2.24, 2.45) is 16.3 Å². The molecule has 0 heterocycles. The molecule has 0 bridgehead atoms. The van der Waals surface area contributed by atoms with Crippen molar-refractivity contribution in [1.29, 1.82) is 0 Å². The topological polar surface area (TPSA) is 99.7 Å². The number of hydrogen-bond acceptors (Lipinski definition) is 3. The maximum atomic E-state index is 11.7. The van der Waals surface area contributed by atoms with Crippen molar-refractivity contribution < 1.29 is 10.0 Å². The number of oxime groups is 1. The van der Waals surface area contributed by atoms with Gasteiger partial charge in [-0.15, -0.1) is 0 Å². The Labute approximate surface area is 126 Å². The number of urea groups is 1. The lowest BCUT2D eigenvalue weighted by Crippen LogP contribution is -2.43. The first-order chi connectivity index (χ1) is 9.26. The molecule has 0 saturated carbocycles. The first kappa shape index (κ1) is 16.4. The normalized spacial score (nSPS) is 12.1. The smallest absolute Gasteiger partial charge is 0.319 e. The Morgan fingerprint density at radius 1 is 1.40 bits per heavy atom. The lowest BCUT2D eigenvalue weighted by atomic mass is 9.92. The molecule has 0 radical (unpaired) electrons. The van der Waals surface area contributed by atoms with Crippen LogP contribution >= 0.6 is 23.2 Å². The van der Waals surface area contributed by atoms with Gasteiger partial charge in [-0.3, -0.25) is 0 Å². The number of carbonyl (C=O) groups excluding carboxylic acids is 1. The zero-order valence-electron chi connectivity index (χ0n) is 11.1. The summed E-state index contributed by atoms with van der Waals surface area (Å²) in [5.74, 6) is 0.0346. The van der Waals surface area contributed by atoms with Gasteiger partial charge in [-0.05, 0) is 18.2 Å². The molecule has 0 unspecified atom stereocenters. The van der Waals surface area contributed by atoms with Crippen LogP contribution in [0.25, 0.3) is 0 Å². The van der Waals surface area contributed by atoms with Gasteiger partial charge in [-0.1, -0.05) is 42.2 Å². The van der Waals surface area contributed by atoms with Gasteiger partial charge in [-0.2, -0.15) is 0 Å². The van der Waals surface area contributed by atoms with Crippen LogP contribution in [-0.2, 0) is 0 Å². The van der Waals surface area contributed by atoms with E-state index in [1.54, 1.807) is 26.0 Å². The van der Waals surface area contributed by atoms with Crippen molar-refractivity contribution in [3.05, 3.63) is 28.2 Å². The third-order valence-corrected chi connectivity index (χ3v) is 3.41. The second kappa shape index (κ2) is 6.67. The number of benzene rings is 1. The largest absolute Gasteiger partial charge is 0.409 e. The van der Waals surface area contributed by atoms with E-state index in [9.17, 15) is 4.79 Å². The summed E-state index contributed by atoms with van der Waals surface area (Å²) in [6.45, 7) is 3.68. The summed E-state index contributed by atoms with van der Waals surface area (Å²) in [4.78, 5) is 11.7. The second-order valence-corrected chi connectivity index (χ2v) is 5.62. The van der Waals surface area contributed by atoms with Crippen molar-refractivity contribution in [1.82, 2.24) is 5.32 Å². The number of anilines is 1. The van der Waals surface area contributed by atoms with Crippen LogP contribution in [0, 0.1) is 5.41 Å². The summed E-state index contributed by atoms with van der Waals surface area (Å²) in [7, 11) is 0. The number of nitrogens with one attached hydrogen (secondary N) is 2. The monoisotopic (exact) mass is 318 g/mol. The molecule has 0 aliphatic heterocycles. The fraction of sp³-hybridized carbons (Fsp3) is 0.333. The maximum absolute atomic E-state index is 11.7. The lowest BCUT2D eigenvalue weighted by molar-refractivity contribution is 0.248. The highest BCUT2D eigenvalue weighted by Gasteiger charge is 2.24. The van der Waals surface area contributed by atoms with Gasteiger partial charge in [0.25, 0.3) is 0 Å². The van der Waals surface area contributed by atoms with Gasteiger partial charge >= 0.3 is 6.03 Å². The molecule has 0 spiro atoms. The number of nitrogens with zero attached hydrogens (tertiary/aromatic N) is 1. The zero-order valence-corrected chi connectivity index (χ0v) is 12.6. The zero-order chi connectivity index (χ0) is 15.3. The molecular weight excluding hydrogens is 303 g/mol. The molecule has 0 atom stereocenters. The molecule has 1 rings (SSSR count). The van der Waals surface area contributed by atoms with Crippen LogP contribution in [0.4, 0.5) is 10.5 Å². The summed E-state index contributed by atoms with van der Waals surface area (Å²) in [5.41, 5.74) is 5.37. The third-order valence-electron chi connectivity index (χ3n) is 2.67. The lowest BCUT2D eigenvalue weighted by Gasteiger charge is -2.23. The summed E-state index contributed by atoms with van der Waals surface area (Å²) in [5, 5.41) is 17.6. The molecule has 2 amide bonds. The van der Waals surface area contributed by atoms with Crippen LogP contribution in [0.3, 0.4) is 0 Å². The van der Waals surface area contributed by atoms with Crippen LogP contribution in [0.5, 0.6) is 0 Å². The van der Waals surface area contributed by atoms with Gasteiger partial charge < -0.3 is 21.6 Å². The first-order valence-corrected chi connectivity index (χ1v) is 6.50. The van der Waals surface area contributed by atoms with Crippen molar-refractivity contribution in [2.75, 3.05) is 11.9 Å². The Morgan fingerprint density at radius 2 is 2.05 bits per heavy atom. The van der Waals surface area contributed by atoms with Crippen LogP contribution in [0.15, 0.2) is 23.4 Å². The molecule has 6 nitrogen and oxygen atoms in total. The minimum Gasteiger partial charge on any atom is -0.409 e. The first-order valence-electron chi connectivity index (χ1n) is 5.74. The predicted molar refractivity (Wildman–Crippen MR) is 80.7 cm³/mol.